The fourth-order valence-electron chi connectivity index (χ4n) is 4.55. The molecule has 3 aromatic rings. The molecule has 1 unspecified atom stereocenters. The van der Waals surface area contributed by atoms with Crippen molar-refractivity contribution in [2.75, 3.05) is 36.4 Å². The Labute approximate surface area is 200 Å². The largest absolute Gasteiger partial charge is 0.367 e. The second kappa shape index (κ2) is 10.8. The fraction of sp³-hybridized carbons (Fsp3) is 0.423. The smallest absolute Gasteiger partial charge is 0.227 e. The molecule has 8 heteroatoms. The number of carbonyl (C=O) groups is 1. The summed E-state index contributed by atoms with van der Waals surface area (Å²) in [5.74, 6) is 0.726. The van der Waals surface area contributed by atoms with Gasteiger partial charge in [0.15, 0.2) is 5.82 Å². The molecule has 0 bridgehead atoms. The Morgan fingerprint density at radius 3 is 2.38 bits per heavy atom. The van der Waals surface area contributed by atoms with Crippen molar-refractivity contribution in [2.24, 2.45) is 5.92 Å². The Morgan fingerprint density at radius 2 is 1.79 bits per heavy atom. The maximum Gasteiger partial charge on any atom is 0.227 e. The van der Waals surface area contributed by atoms with Crippen molar-refractivity contribution in [3.8, 4) is 0 Å². The van der Waals surface area contributed by atoms with Crippen LogP contribution in [0.15, 0.2) is 53.1 Å². The monoisotopic (exact) mass is 465 g/mol. The molecule has 1 fully saturated rings. The number of rotatable bonds is 8. The van der Waals surface area contributed by atoms with Crippen molar-refractivity contribution >= 4 is 17.3 Å². The first-order valence-electron chi connectivity index (χ1n) is 11.9. The van der Waals surface area contributed by atoms with Crippen LogP contribution in [0.1, 0.15) is 50.0 Å². The molecule has 1 atom stereocenters. The first-order valence-corrected chi connectivity index (χ1v) is 11.9. The number of benzene rings is 2. The van der Waals surface area contributed by atoms with Gasteiger partial charge < -0.3 is 14.7 Å². The lowest BCUT2D eigenvalue weighted by molar-refractivity contribution is -0.120. The number of aryl methyl sites for hydroxylation is 1. The minimum absolute atomic E-state index is 0.0589. The normalized spacial score (nSPS) is 15.5. The van der Waals surface area contributed by atoms with Gasteiger partial charge in [0.05, 0.1) is 11.7 Å². The molecule has 4 rings (SSSR count). The maximum absolute atomic E-state index is 15.0. The third kappa shape index (κ3) is 5.28. The number of nitrogens with zero attached hydrogens (tertiary/aromatic N) is 4. The van der Waals surface area contributed by atoms with Gasteiger partial charge in [-0.2, -0.15) is 4.98 Å². The molecule has 1 aromatic heterocycles. The SMILES string of the molecule is CCC(CC)C(=O)Nc1ccc(N2CCN(C(c3ccccc3)c3noc(C)n3)CC2)c(F)c1. The number of amides is 1. The zero-order valence-electron chi connectivity index (χ0n) is 20.0. The number of aromatic nitrogens is 2. The van der Waals surface area contributed by atoms with Crippen LogP contribution in [0, 0.1) is 18.7 Å². The second-order valence-electron chi connectivity index (χ2n) is 8.68. The van der Waals surface area contributed by atoms with Gasteiger partial charge in [-0.1, -0.05) is 49.3 Å². The number of piperazine rings is 1. The van der Waals surface area contributed by atoms with Crippen LogP contribution in [0.4, 0.5) is 15.8 Å². The molecular weight excluding hydrogens is 433 g/mol. The van der Waals surface area contributed by atoms with E-state index < -0.39 is 0 Å². The van der Waals surface area contributed by atoms with E-state index in [-0.39, 0.29) is 23.7 Å². The molecule has 1 aliphatic rings. The minimum atomic E-state index is -0.329. The van der Waals surface area contributed by atoms with E-state index in [0.717, 1.165) is 31.5 Å². The van der Waals surface area contributed by atoms with Crippen molar-refractivity contribution in [3.05, 3.63) is 71.6 Å². The molecule has 1 N–H and O–H groups in total. The summed E-state index contributed by atoms with van der Waals surface area (Å²) in [6.45, 7) is 8.53. The topological polar surface area (TPSA) is 74.5 Å². The van der Waals surface area contributed by atoms with Crippen molar-refractivity contribution < 1.29 is 13.7 Å². The fourth-order valence-corrected chi connectivity index (χ4v) is 4.55. The highest BCUT2D eigenvalue weighted by Crippen LogP contribution is 2.30. The van der Waals surface area contributed by atoms with Crippen LogP contribution in [0.25, 0.3) is 0 Å². The summed E-state index contributed by atoms with van der Waals surface area (Å²) in [7, 11) is 0. The lowest BCUT2D eigenvalue weighted by Gasteiger charge is -2.39. The first kappa shape index (κ1) is 23.9. The van der Waals surface area contributed by atoms with Crippen molar-refractivity contribution in [2.45, 2.75) is 39.7 Å². The summed E-state index contributed by atoms with van der Waals surface area (Å²) in [5.41, 5.74) is 2.14. The summed E-state index contributed by atoms with van der Waals surface area (Å²) < 4.78 is 20.3. The molecule has 180 valence electrons. The van der Waals surface area contributed by atoms with E-state index >= 15 is 0 Å². The van der Waals surface area contributed by atoms with Crippen LogP contribution in [0.2, 0.25) is 0 Å². The molecule has 7 nitrogen and oxygen atoms in total. The molecule has 1 aliphatic heterocycles. The number of carbonyl (C=O) groups excluding carboxylic acids is 1. The van der Waals surface area contributed by atoms with E-state index in [4.69, 9.17) is 4.52 Å². The molecule has 2 heterocycles. The van der Waals surface area contributed by atoms with Crippen molar-refractivity contribution in [3.63, 3.8) is 0 Å². The second-order valence-corrected chi connectivity index (χ2v) is 8.68. The summed E-state index contributed by atoms with van der Waals surface area (Å²) in [6.07, 6.45) is 1.53. The molecule has 1 saturated heterocycles. The van der Waals surface area contributed by atoms with E-state index in [1.165, 1.54) is 6.07 Å². The molecule has 0 saturated carbocycles. The number of halogens is 1. The van der Waals surface area contributed by atoms with Gasteiger partial charge in [0, 0.05) is 44.7 Å². The van der Waals surface area contributed by atoms with Gasteiger partial charge in [-0.05, 0) is 36.6 Å². The molecule has 0 aliphatic carbocycles. The van der Waals surface area contributed by atoms with Gasteiger partial charge in [-0.15, -0.1) is 0 Å². The highest BCUT2D eigenvalue weighted by molar-refractivity contribution is 5.92. The van der Waals surface area contributed by atoms with Crippen molar-refractivity contribution in [1.29, 1.82) is 0 Å². The predicted octanol–water partition coefficient (Wildman–Crippen LogP) is 4.80. The summed E-state index contributed by atoms with van der Waals surface area (Å²) in [5, 5.41) is 7.03. The third-order valence-corrected chi connectivity index (χ3v) is 6.49. The maximum atomic E-state index is 15.0. The van der Waals surface area contributed by atoms with Crippen LogP contribution in [-0.4, -0.2) is 47.1 Å². The number of hydrogen-bond acceptors (Lipinski definition) is 6. The van der Waals surface area contributed by atoms with Gasteiger partial charge in [0.25, 0.3) is 0 Å². The quantitative estimate of drug-likeness (QED) is 0.515. The van der Waals surface area contributed by atoms with Gasteiger partial charge in [-0.3, -0.25) is 9.69 Å². The van der Waals surface area contributed by atoms with E-state index in [1.807, 2.05) is 36.9 Å². The van der Waals surface area contributed by atoms with Gasteiger partial charge >= 0.3 is 0 Å². The highest BCUT2D eigenvalue weighted by atomic mass is 19.1. The predicted molar refractivity (Wildman–Crippen MR) is 130 cm³/mol. The Balaban J connectivity index is 1.45. The lowest BCUT2D eigenvalue weighted by Crippen LogP contribution is -2.48. The minimum Gasteiger partial charge on any atom is -0.367 e. The highest BCUT2D eigenvalue weighted by Gasteiger charge is 2.30. The average Bonchev–Trinajstić information content (AvgIpc) is 3.27. The van der Waals surface area contributed by atoms with E-state index in [0.29, 0.717) is 36.2 Å². The molecule has 0 radical (unpaired) electrons. The van der Waals surface area contributed by atoms with Crippen LogP contribution < -0.4 is 10.2 Å². The first-order chi connectivity index (χ1) is 16.5. The van der Waals surface area contributed by atoms with Crippen LogP contribution in [-0.2, 0) is 4.79 Å². The van der Waals surface area contributed by atoms with E-state index in [2.05, 4.69) is 32.5 Å². The van der Waals surface area contributed by atoms with E-state index in [9.17, 15) is 9.18 Å². The number of anilines is 2. The summed E-state index contributed by atoms with van der Waals surface area (Å²) >= 11 is 0. The Morgan fingerprint density at radius 1 is 1.09 bits per heavy atom. The zero-order chi connectivity index (χ0) is 24.1. The zero-order valence-corrected chi connectivity index (χ0v) is 20.0. The third-order valence-electron chi connectivity index (χ3n) is 6.49. The number of hydrogen-bond donors (Lipinski definition) is 1. The Bertz CT molecular complexity index is 1090. The molecule has 34 heavy (non-hydrogen) atoms. The Hall–Kier alpha value is -3.26. The van der Waals surface area contributed by atoms with Gasteiger partial charge in [-0.25, -0.2) is 4.39 Å². The van der Waals surface area contributed by atoms with Crippen LogP contribution in [0.5, 0.6) is 0 Å². The van der Waals surface area contributed by atoms with Crippen LogP contribution >= 0.6 is 0 Å². The molecule has 1 amide bonds. The van der Waals surface area contributed by atoms with E-state index in [1.54, 1.807) is 19.1 Å². The summed E-state index contributed by atoms with van der Waals surface area (Å²) in [4.78, 5) is 21.2. The Kier molecular flexibility index (Phi) is 7.57. The molecule has 2 aromatic carbocycles. The average molecular weight is 466 g/mol. The van der Waals surface area contributed by atoms with Crippen molar-refractivity contribution in [1.82, 2.24) is 15.0 Å². The molecule has 0 spiro atoms. The van der Waals surface area contributed by atoms with Crippen LogP contribution in [0.3, 0.4) is 0 Å². The number of nitrogens with one attached hydrogen (secondary N) is 1. The van der Waals surface area contributed by atoms with Gasteiger partial charge in [0.2, 0.25) is 11.8 Å². The van der Waals surface area contributed by atoms with Gasteiger partial charge in [0.1, 0.15) is 5.82 Å². The molecular formula is C26H32FN5O2. The standard InChI is InChI=1S/C26H32FN5O2/c1-4-19(5-2)26(33)29-21-11-12-23(22(27)17-21)31-13-15-32(16-14-31)24(20-9-7-6-8-10-20)25-28-18(3)34-30-25/h6-12,17,19,24H,4-5,13-16H2,1-3H3,(H,29,33). The summed E-state index contributed by atoms with van der Waals surface area (Å²) in [6, 6.07) is 15.0. The lowest BCUT2D eigenvalue weighted by atomic mass is 10.0.